The number of nitrogens with one attached hydrogen (secondary N) is 1. The summed E-state index contributed by atoms with van der Waals surface area (Å²) in [6.45, 7) is 13.0. The summed E-state index contributed by atoms with van der Waals surface area (Å²) in [6.07, 6.45) is 9.80. The van der Waals surface area contributed by atoms with Crippen LogP contribution in [-0.2, 0) is 13.2 Å². The Kier molecular flexibility index (Phi) is 13.6. The lowest BCUT2D eigenvalue weighted by Gasteiger charge is -2.28. The second-order valence-corrected chi connectivity index (χ2v) is 19.4. The Morgan fingerprint density at radius 2 is 1.47 bits per heavy atom. The molecule has 12 nitrogen and oxygen atoms in total. The van der Waals surface area contributed by atoms with Crippen LogP contribution in [0.3, 0.4) is 0 Å². The first-order chi connectivity index (χ1) is 28.9. The number of fused-ring (bicyclic) bond motifs is 4. The molecule has 0 bridgehead atoms. The molecule has 320 valence electrons. The molecule has 0 spiro atoms. The van der Waals surface area contributed by atoms with Crippen LogP contribution >= 0.6 is 21.6 Å². The topological polar surface area (TPSA) is 114 Å². The van der Waals surface area contributed by atoms with Gasteiger partial charge in [0.1, 0.15) is 25.6 Å². The van der Waals surface area contributed by atoms with Gasteiger partial charge in [-0.15, -0.1) is 0 Å². The van der Waals surface area contributed by atoms with Crippen LogP contribution in [0.25, 0.3) is 0 Å². The van der Waals surface area contributed by atoms with E-state index in [2.05, 4.69) is 49.5 Å². The van der Waals surface area contributed by atoms with Crippen molar-refractivity contribution < 1.29 is 33.3 Å². The molecular weight excluding hydrogens is 799 g/mol. The van der Waals surface area contributed by atoms with Gasteiger partial charge in [0, 0.05) is 55.8 Å². The maximum atomic E-state index is 13.7. The molecule has 2 saturated heterocycles. The third kappa shape index (κ3) is 9.71. The van der Waals surface area contributed by atoms with Crippen molar-refractivity contribution in [2.75, 3.05) is 72.2 Å². The zero-order valence-corrected chi connectivity index (χ0v) is 37.6. The molecule has 2 fully saturated rings. The second kappa shape index (κ2) is 18.9. The fourth-order valence-corrected chi connectivity index (χ4v) is 10.6. The van der Waals surface area contributed by atoms with Crippen LogP contribution in [0.1, 0.15) is 72.4 Å². The average molecular weight is 856 g/mol. The zero-order chi connectivity index (χ0) is 42.6. The summed E-state index contributed by atoms with van der Waals surface area (Å²) in [4.78, 5) is 38.2. The van der Waals surface area contributed by atoms with Crippen molar-refractivity contribution in [3.63, 3.8) is 0 Å². The smallest absolute Gasteiger partial charge is 0.257 e. The van der Waals surface area contributed by atoms with Crippen molar-refractivity contribution in [1.82, 2.24) is 14.7 Å². The van der Waals surface area contributed by atoms with Gasteiger partial charge in [0.05, 0.1) is 48.8 Å². The van der Waals surface area contributed by atoms with E-state index in [1.54, 1.807) is 43.2 Å². The molecule has 14 heteroatoms. The van der Waals surface area contributed by atoms with Crippen molar-refractivity contribution in [1.29, 1.82) is 0 Å². The summed E-state index contributed by atoms with van der Waals surface area (Å²) >= 11 is 0. The highest BCUT2D eigenvalue weighted by atomic mass is 33.1. The van der Waals surface area contributed by atoms with Gasteiger partial charge < -0.3 is 43.7 Å². The van der Waals surface area contributed by atoms with Gasteiger partial charge in [0.2, 0.25) is 0 Å². The Morgan fingerprint density at radius 1 is 0.833 bits per heavy atom. The standard InChI is InChI=1S/C46H57N5O7S2/c1-9-29-14-33-22-47-38-20-42(40(54-6)18-36(38)44(52)50(33)24-29)57-26-31-13-32(17-35(16-31)56-12-11-49(5)28-46(3,4)60-59-8)27-58-43-21-39-37(19-41(43)55-7)45(53)51-25-30(10-2)15-34(51)23-48-39/h9-10,13,16-22,33-34,48H,11-12,14-15,23-28H2,1-8H3/b29-9+,30-10+/t33-,34-/m0/s1. The largest absolute Gasteiger partial charge is 0.493 e. The zero-order valence-electron chi connectivity index (χ0n) is 36.0. The molecule has 7 rings (SSSR count). The minimum Gasteiger partial charge on any atom is -0.493 e. The summed E-state index contributed by atoms with van der Waals surface area (Å²) in [5, 5.41) is 3.50. The number of hydrogen-bond donors (Lipinski definition) is 1. The number of carbonyl (C=O) groups excluding carboxylic acids is 2. The maximum absolute atomic E-state index is 13.7. The number of benzene rings is 3. The summed E-state index contributed by atoms with van der Waals surface area (Å²) in [5.41, 5.74) is 6.55. The van der Waals surface area contributed by atoms with Crippen molar-refractivity contribution >= 4 is 51.0 Å². The van der Waals surface area contributed by atoms with Gasteiger partial charge in [-0.3, -0.25) is 14.6 Å². The van der Waals surface area contributed by atoms with Crippen molar-refractivity contribution in [3.8, 4) is 28.7 Å². The molecule has 2 atom stereocenters. The first-order valence-corrected chi connectivity index (χ1v) is 23.0. The van der Waals surface area contributed by atoms with Crippen LogP contribution in [0.2, 0.25) is 0 Å². The molecule has 2 amide bonds. The molecular formula is C46H57N5O7S2. The monoisotopic (exact) mass is 855 g/mol. The van der Waals surface area contributed by atoms with E-state index in [4.69, 9.17) is 28.7 Å². The van der Waals surface area contributed by atoms with Gasteiger partial charge >= 0.3 is 0 Å². The van der Waals surface area contributed by atoms with Crippen LogP contribution in [0.4, 0.5) is 11.4 Å². The highest BCUT2D eigenvalue weighted by Crippen LogP contribution is 2.41. The molecule has 3 aromatic rings. The van der Waals surface area contributed by atoms with Crippen molar-refractivity contribution in [3.05, 3.63) is 88.0 Å². The summed E-state index contributed by atoms with van der Waals surface area (Å²) in [7, 11) is 8.92. The number of aliphatic imine (C=N–C) groups is 1. The Hall–Kier alpha value is -4.79. The minimum atomic E-state index is -0.0793. The predicted molar refractivity (Wildman–Crippen MR) is 242 cm³/mol. The van der Waals surface area contributed by atoms with E-state index < -0.39 is 0 Å². The highest BCUT2D eigenvalue weighted by Gasteiger charge is 2.37. The van der Waals surface area contributed by atoms with E-state index in [1.165, 1.54) is 11.1 Å². The number of allylic oxidation sites excluding steroid dienone is 2. The number of carbonyl (C=O) groups is 2. The third-order valence-corrected chi connectivity index (χ3v) is 14.0. The fraction of sp³-hybridized carbons (Fsp3) is 0.457. The molecule has 0 aliphatic carbocycles. The van der Waals surface area contributed by atoms with Crippen LogP contribution in [0.5, 0.6) is 28.7 Å². The van der Waals surface area contributed by atoms with Crippen LogP contribution in [0, 0.1) is 0 Å². The van der Waals surface area contributed by atoms with Crippen LogP contribution < -0.4 is 29.0 Å². The minimum absolute atomic E-state index is 0.0127. The Labute approximate surface area is 362 Å². The Morgan fingerprint density at radius 3 is 2.13 bits per heavy atom. The van der Waals surface area contributed by atoms with E-state index in [0.29, 0.717) is 71.8 Å². The number of hydrogen-bond acceptors (Lipinski definition) is 12. The Balaban J connectivity index is 1.11. The van der Waals surface area contributed by atoms with Gasteiger partial charge in [-0.25, -0.2) is 0 Å². The molecule has 4 aliphatic heterocycles. The maximum Gasteiger partial charge on any atom is 0.257 e. The molecule has 3 aromatic carbocycles. The van der Waals surface area contributed by atoms with E-state index in [9.17, 15) is 9.59 Å². The predicted octanol–water partition coefficient (Wildman–Crippen LogP) is 8.43. The molecule has 4 heterocycles. The number of ether oxygens (including phenoxy) is 5. The van der Waals surface area contributed by atoms with Gasteiger partial charge in [-0.2, -0.15) is 0 Å². The summed E-state index contributed by atoms with van der Waals surface area (Å²) in [6, 6.07) is 13.2. The summed E-state index contributed by atoms with van der Waals surface area (Å²) < 4.78 is 30.9. The third-order valence-electron chi connectivity index (χ3n) is 11.4. The van der Waals surface area contributed by atoms with Gasteiger partial charge in [0.25, 0.3) is 11.8 Å². The summed E-state index contributed by atoms with van der Waals surface area (Å²) in [5.74, 6) is 2.54. The second-order valence-electron chi connectivity index (χ2n) is 16.3. The molecule has 4 aliphatic rings. The number of methoxy groups -OCH3 is 2. The number of anilines is 1. The normalized spacial score (nSPS) is 19.8. The van der Waals surface area contributed by atoms with Crippen molar-refractivity contribution in [2.45, 2.75) is 70.6 Å². The van der Waals surface area contributed by atoms with Crippen LogP contribution in [-0.4, -0.2) is 116 Å². The molecule has 0 aromatic heterocycles. The van der Waals surface area contributed by atoms with E-state index in [0.717, 1.165) is 42.7 Å². The molecule has 60 heavy (non-hydrogen) atoms. The van der Waals surface area contributed by atoms with E-state index in [1.807, 2.05) is 64.9 Å². The lowest BCUT2D eigenvalue weighted by molar-refractivity contribution is 0.0750. The number of amides is 2. The van der Waals surface area contributed by atoms with Gasteiger partial charge in [-0.1, -0.05) is 44.9 Å². The molecule has 0 radical (unpaired) electrons. The first kappa shape index (κ1) is 43.3. The number of likely N-dealkylation sites (N-methyl/N-ethyl adjacent to an activating group) is 1. The lowest BCUT2D eigenvalue weighted by Crippen LogP contribution is -2.36. The van der Waals surface area contributed by atoms with Gasteiger partial charge in [0.15, 0.2) is 23.0 Å². The van der Waals surface area contributed by atoms with E-state index in [-0.39, 0.29) is 41.9 Å². The Bertz CT molecular complexity index is 2190. The average Bonchev–Trinajstić information content (AvgIpc) is 3.80. The SMILES string of the molecule is C/C=C1\C[C@H]2CNc3cc(OCc4cc(COc5cc6c(cc5OC)C(=O)N5C/C(=C/C)C[C@H]5C=N6)cc(OCCN(C)CC(C)(C)SSC)c4)c(OC)cc3C(=O)N2C1. The van der Waals surface area contributed by atoms with Crippen molar-refractivity contribution in [2.24, 2.45) is 4.99 Å². The quantitative estimate of drug-likeness (QED) is 0.111. The van der Waals surface area contributed by atoms with Gasteiger partial charge in [-0.05, 0) is 95.3 Å². The first-order valence-electron chi connectivity index (χ1n) is 20.5. The molecule has 0 unspecified atom stereocenters. The molecule has 0 saturated carbocycles. The lowest BCUT2D eigenvalue weighted by atomic mass is 10.1. The fourth-order valence-electron chi connectivity index (χ4n) is 8.36. The number of rotatable bonds is 16. The molecule has 1 N–H and O–H groups in total. The highest BCUT2D eigenvalue weighted by molar-refractivity contribution is 8.77. The number of nitrogens with zero attached hydrogens (tertiary/aromatic N) is 4. The van der Waals surface area contributed by atoms with E-state index >= 15 is 0 Å². The van der Waals surface area contributed by atoms with Crippen LogP contribution in [0.15, 0.2) is 70.8 Å².